The van der Waals surface area contributed by atoms with E-state index in [9.17, 15) is 4.79 Å². The van der Waals surface area contributed by atoms with Crippen molar-refractivity contribution in [2.24, 2.45) is 5.73 Å². The molecule has 0 aliphatic heterocycles. The number of nitrogens with one attached hydrogen (secondary N) is 2. The fourth-order valence-electron chi connectivity index (χ4n) is 3.92. The number of rotatable bonds is 10. The fourth-order valence-corrected chi connectivity index (χ4v) is 4.99. The van der Waals surface area contributed by atoms with Gasteiger partial charge in [-0.1, -0.05) is 24.3 Å². The van der Waals surface area contributed by atoms with Crippen LogP contribution in [-0.4, -0.2) is 36.6 Å². The molecule has 0 bridgehead atoms. The highest BCUT2D eigenvalue weighted by Gasteiger charge is 2.16. The summed E-state index contributed by atoms with van der Waals surface area (Å²) in [7, 11) is 3.22. The smallest absolute Gasteiger partial charge is 0.231 e. The Bertz CT molecular complexity index is 1350. The number of nitrogens with two attached hydrogens (primary N) is 1. The number of amides is 1. The minimum Gasteiger partial charge on any atom is -0.493 e. The second-order valence-corrected chi connectivity index (χ2v) is 9.25. The van der Waals surface area contributed by atoms with Gasteiger partial charge in [0.1, 0.15) is 11.6 Å². The number of aryl methyl sites for hydroxylation is 1. The maximum absolute atomic E-state index is 11.1. The molecule has 0 spiro atoms. The molecule has 8 nitrogen and oxygen atoms in total. The summed E-state index contributed by atoms with van der Waals surface area (Å²) in [6.45, 7) is 4.70. The van der Waals surface area contributed by atoms with Gasteiger partial charge in [-0.3, -0.25) is 4.79 Å². The number of carbonyl (C=O) groups is 1. The van der Waals surface area contributed by atoms with Gasteiger partial charge in [0.15, 0.2) is 11.5 Å². The van der Waals surface area contributed by atoms with E-state index in [2.05, 4.69) is 51.8 Å². The van der Waals surface area contributed by atoms with Gasteiger partial charge in [-0.25, -0.2) is 9.97 Å². The highest BCUT2D eigenvalue weighted by molar-refractivity contribution is 7.15. The third kappa shape index (κ3) is 5.52. The van der Waals surface area contributed by atoms with Crippen LogP contribution in [0.5, 0.6) is 11.5 Å². The molecular weight excluding hydrogens is 462 g/mol. The predicted octanol–water partition coefficient (Wildman–Crippen LogP) is 4.43. The molecule has 9 heteroatoms. The van der Waals surface area contributed by atoms with Crippen LogP contribution in [0.2, 0.25) is 0 Å². The van der Waals surface area contributed by atoms with Crippen molar-refractivity contribution in [2.75, 3.05) is 26.1 Å². The summed E-state index contributed by atoms with van der Waals surface area (Å²) in [5, 5.41) is 7.52. The molecule has 2 heterocycles. The lowest BCUT2D eigenvalue weighted by Gasteiger charge is -2.16. The standard InChI is InChI=1S/C26H29N5O3S/c1-15(29-26-19-11-21(33-3)22(34-4)12-20(19)30-16(2)31-26)23-9-10-24(35-23)18-8-6-5-7-17(18)13-28-14-25(27)32/h5-12,15,28H,13-14H2,1-4H3,(H2,27,32)(H,29,30,31). The average molecular weight is 492 g/mol. The van der Waals surface area contributed by atoms with Crippen molar-refractivity contribution in [3.8, 4) is 21.9 Å². The van der Waals surface area contributed by atoms with E-state index in [1.165, 1.54) is 4.88 Å². The Balaban J connectivity index is 1.60. The van der Waals surface area contributed by atoms with Crippen LogP contribution < -0.4 is 25.8 Å². The molecule has 2 aromatic carbocycles. The van der Waals surface area contributed by atoms with E-state index in [-0.39, 0.29) is 18.5 Å². The summed E-state index contributed by atoms with van der Waals surface area (Å²) in [6, 6.07) is 16.2. The third-order valence-corrected chi connectivity index (χ3v) is 6.92. The molecular formula is C26H29N5O3S. The molecule has 2 aromatic heterocycles. The summed E-state index contributed by atoms with van der Waals surface area (Å²) in [6.07, 6.45) is 0. The van der Waals surface area contributed by atoms with Crippen molar-refractivity contribution in [1.29, 1.82) is 0 Å². The number of hydrogen-bond donors (Lipinski definition) is 3. The van der Waals surface area contributed by atoms with Crippen molar-refractivity contribution >= 4 is 34.0 Å². The van der Waals surface area contributed by atoms with Crippen LogP contribution in [0.15, 0.2) is 48.5 Å². The Hall–Kier alpha value is -3.69. The van der Waals surface area contributed by atoms with Gasteiger partial charge in [0.25, 0.3) is 0 Å². The largest absolute Gasteiger partial charge is 0.493 e. The lowest BCUT2D eigenvalue weighted by molar-refractivity contribution is -0.117. The molecule has 35 heavy (non-hydrogen) atoms. The van der Waals surface area contributed by atoms with Gasteiger partial charge in [0.2, 0.25) is 5.91 Å². The number of primary amides is 1. The first-order valence-corrected chi connectivity index (χ1v) is 12.0. The summed E-state index contributed by atoms with van der Waals surface area (Å²) in [4.78, 5) is 22.6. The molecule has 4 aromatic rings. The zero-order valence-electron chi connectivity index (χ0n) is 20.2. The van der Waals surface area contributed by atoms with Crippen LogP contribution in [0.1, 0.15) is 29.2 Å². The number of thiophene rings is 1. The van der Waals surface area contributed by atoms with E-state index in [1.807, 2.05) is 31.2 Å². The minimum absolute atomic E-state index is 0.0134. The van der Waals surface area contributed by atoms with Gasteiger partial charge >= 0.3 is 0 Å². The number of hydrogen-bond acceptors (Lipinski definition) is 8. The first-order valence-electron chi connectivity index (χ1n) is 11.2. The normalized spacial score (nSPS) is 11.9. The second kappa shape index (κ2) is 10.7. The molecule has 4 rings (SSSR count). The molecule has 4 N–H and O–H groups in total. The van der Waals surface area contributed by atoms with E-state index in [1.54, 1.807) is 25.6 Å². The first kappa shape index (κ1) is 24.4. The van der Waals surface area contributed by atoms with Crippen LogP contribution in [0.3, 0.4) is 0 Å². The number of methoxy groups -OCH3 is 2. The number of ether oxygens (including phenoxy) is 2. The molecule has 0 aliphatic rings. The van der Waals surface area contributed by atoms with E-state index < -0.39 is 0 Å². The Morgan fingerprint density at radius 1 is 1.09 bits per heavy atom. The Morgan fingerprint density at radius 3 is 2.57 bits per heavy atom. The number of nitrogens with zero attached hydrogens (tertiary/aromatic N) is 2. The third-order valence-electron chi connectivity index (χ3n) is 5.62. The lowest BCUT2D eigenvalue weighted by atomic mass is 10.1. The number of benzene rings is 2. The summed E-state index contributed by atoms with van der Waals surface area (Å²) >= 11 is 1.72. The quantitative estimate of drug-likeness (QED) is 0.301. The summed E-state index contributed by atoms with van der Waals surface area (Å²) < 4.78 is 10.9. The van der Waals surface area contributed by atoms with Crippen LogP contribution in [0.25, 0.3) is 21.3 Å². The number of fused-ring (bicyclic) bond motifs is 1. The van der Waals surface area contributed by atoms with E-state index in [0.717, 1.165) is 32.7 Å². The topological polar surface area (TPSA) is 111 Å². The monoisotopic (exact) mass is 491 g/mol. The van der Waals surface area contributed by atoms with E-state index in [4.69, 9.17) is 15.2 Å². The van der Waals surface area contributed by atoms with E-state index in [0.29, 0.717) is 23.9 Å². The maximum atomic E-state index is 11.1. The van der Waals surface area contributed by atoms with Gasteiger partial charge in [-0.15, -0.1) is 11.3 Å². The molecule has 0 saturated heterocycles. The second-order valence-electron chi connectivity index (χ2n) is 8.14. The average Bonchev–Trinajstić information content (AvgIpc) is 3.33. The lowest BCUT2D eigenvalue weighted by Crippen LogP contribution is -2.28. The molecule has 1 unspecified atom stereocenters. The van der Waals surface area contributed by atoms with Crippen molar-refractivity contribution in [1.82, 2.24) is 15.3 Å². The molecule has 1 amide bonds. The van der Waals surface area contributed by atoms with Crippen molar-refractivity contribution in [3.05, 3.63) is 64.8 Å². The number of carbonyl (C=O) groups excluding carboxylic acids is 1. The predicted molar refractivity (Wildman–Crippen MR) is 140 cm³/mol. The first-order chi connectivity index (χ1) is 16.9. The van der Waals surface area contributed by atoms with E-state index >= 15 is 0 Å². The Labute approximate surface area is 208 Å². The minimum atomic E-state index is -0.371. The molecule has 182 valence electrons. The molecule has 0 saturated carbocycles. The highest BCUT2D eigenvalue weighted by atomic mass is 32.1. The molecule has 0 radical (unpaired) electrons. The Kier molecular flexibility index (Phi) is 7.48. The zero-order chi connectivity index (χ0) is 24.9. The van der Waals surface area contributed by atoms with Crippen LogP contribution in [0, 0.1) is 6.92 Å². The molecule has 0 fully saturated rings. The Morgan fingerprint density at radius 2 is 1.83 bits per heavy atom. The maximum Gasteiger partial charge on any atom is 0.231 e. The molecule has 1 atom stereocenters. The van der Waals surface area contributed by atoms with Crippen molar-refractivity contribution in [2.45, 2.75) is 26.4 Å². The zero-order valence-corrected chi connectivity index (χ0v) is 21.0. The van der Waals surface area contributed by atoms with Crippen molar-refractivity contribution < 1.29 is 14.3 Å². The van der Waals surface area contributed by atoms with Crippen LogP contribution >= 0.6 is 11.3 Å². The van der Waals surface area contributed by atoms with Gasteiger partial charge in [0.05, 0.1) is 32.3 Å². The number of anilines is 1. The molecule has 0 aliphatic carbocycles. The van der Waals surface area contributed by atoms with Gasteiger partial charge in [-0.05, 0) is 43.2 Å². The van der Waals surface area contributed by atoms with Gasteiger partial charge in [-0.2, -0.15) is 0 Å². The summed E-state index contributed by atoms with van der Waals surface area (Å²) in [5.74, 6) is 2.30. The van der Waals surface area contributed by atoms with Crippen LogP contribution in [0.4, 0.5) is 5.82 Å². The summed E-state index contributed by atoms with van der Waals surface area (Å²) in [5.41, 5.74) is 8.28. The fraction of sp³-hybridized carbons (Fsp3) is 0.269. The van der Waals surface area contributed by atoms with Gasteiger partial charge in [0, 0.05) is 27.8 Å². The number of aromatic nitrogens is 2. The van der Waals surface area contributed by atoms with Crippen molar-refractivity contribution in [3.63, 3.8) is 0 Å². The van der Waals surface area contributed by atoms with Gasteiger partial charge < -0.3 is 25.8 Å². The van der Waals surface area contributed by atoms with Crippen LogP contribution in [-0.2, 0) is 11.3 Å². The highest BCUT2D eigenvalue weighted by Crippen LogP contribution is 2.37. The SMILES string of the molecule is COc1cc2nc(C)nc(NC(C)c3ccc(-c4ccccc4CNCC(N)=O)s3)c2cc1OC.